The van der Waals surface area contributed by atoms with Crippen LogP contribution in [-0.4, -0.2) is 36.7 Å². The second-order valence-electron chi connectivity index (χ2n) is 5.84. The highest BCUT2D eigenvalue weighted by Gasteiger charge is 2.20. The fourth-order valence-corrected chi connectivity index (χ4v) is 2.55. The maximum absolute atomic E-state index is 5.96. The average molecular weight is 340 g/mol. The number of hydrogen-bond donors (Lipinski definition) is 2. The van der Waals surface area contributed by atoms with Gasteiger partial charge >= 0.3 is 0 Å². The zero-order chi connectivity index (χ0) is 17.5. The summed E-state index contributed by atoms with van der Waals surface area (Å²) in [5, 5.41) is 6.56. The highest BCUT2D eigenvalue weighted by atomic mass is 16.6. The van der Waals surface area contributed by atoms with E-state index in [1.807, 2.05) is 50.2 Å². The summed E-state index contributed by atoms with van der Waals surface area (Å²) in [5.41, 5.74) is 2.12. The molecule has 2 heterocycles. The van der Waals surface area contributed by atoms with Gasteiger partial charge in [-0.3, -0.25) is 4.98 Å². The predicted molar refractivity (Wildman–Crippen MR) is 98.1 cm³/mol. The molecule has 0 aliphatic carbocycles. The lowest BCUT2D eigenvalue weighted by Gasteiger charge is -2.27. The van der Waals surface area contributed by atoms with Gasteiger partial charge < -0.3 is 20.1 Å². The van der Waals surface area contributed by atoms with Crippen molar-refractivity contribution in [2.45, 2.75) is 26.5 Å². The van der Waals surface area contributed by atoms with Crippen LogP contribution in [0.15, 0.2) is 47.6 Å². The van der Waals surface area contributed by atoms with Crippen LogP contribution in [0.1, 0.15) is 18.2 Å². The molecule has 0 saturated carbocycles. The van der Waals surface area contributed by atoms with Crippen molar-refractivity contribution in [1.29, 1.82) is 0 Å². The Kier molecular flexibility index (Phi) is 5.72. The van der Waals surface area contributed by atoms with Gasteiger partial charge in [0.15, 0.2) is 17.5 Å². The van der Waals surface area contributed by atoms with Crippen LogP contribution in [0.2, 0.25) is 0 Å². The molecule has 1 aliphatic rings. The summed E-state index contributed by atoms with van der Waals surface area (Å²) in [6, 6.07) is 11.7. The number of hydrogen-bond acceptors (Lipinski definition) is 4. The molecule has 6 nitrogen and oxygen atoms in total. The lowest BCUT2D eigenvalue weighted by atomic mass is 10.2. The zero-order valence-electron chi connectivity index (χ0n) is 14.7. The van der Waals surface area contributed by atoms with Crippen molar-refractivity contribution in [1.82, 2.24) is 15.6 Å². The SMILES string of the molecule is CCNC(=NCc1ncccc1C)NCC1COc2ccccc2O1. The van der Waals surface area contributed by atoms with E-state index in [9.17, 15) is 0 Å². The number of rotatable bonds is 5. The van der Waals surface area contributed by atoms with Gasteiger partial charge in [-0.1, -0.05) is 18.2 Å². The number of pyridine rings is 1. The first-order chi connectivity index (χ1) is 12.3. The molecule has 0 spiro atoms. The fourth-order valence-electron chi connectivity index (χ4n) is 2.55. The molecule has 132 valence electrons. The quantitative estimate of drug-likeness (QED) is 0.646. The lowest BCUT2D eigenvalue weighted by molar-refractivity contribution is 0.0936. The van der Waals surface area contributed by atoms with Gasteiger partial charge in [-0.2, -0.15) is 0 Å². The fraction of sp³-hybridized carbons (Fsp3) is 0.368. The first-order valence-electron chi connectivity index (χ1n) is 8.57. The second kappa shape index (κ2) is 8.37. The topological polar surface area (TPSA) is 67.8 Å². The van der Waals surface area contributed by atoms with E-state index in [1.54, 1.807) is 6.20 Å². The van der Waals surface area contributed by atoms with Gasteiger partial charge in [-0.15, -0.1) is 0 Å². The highest BCUT2D eigenvalue weighted by Crippen LogP contribution is 2.30. The van der Waals surface area contributed by atoms with Crippen LogP contribution in [0.5, 0.6) is 11.5 Å². The number of benzene rings is 1. The Labute approximate surface area is 148 Å². The van der Waals surface area contributed by atoms with E-state index in [4.69, 9.17) is 9.47 Å². The minimum absolute atomic E-state index is 0.0599. The van der Waals surface area contributed by atoms with E-state index in [0.29, 0.717) is 19.7 Å². The van der Waals surface area contributed by atoms with Crippen molar-refractivity contribution in [2.24, 2.45) is 4.99 Å². The summed E-state index contributed by atoms with van der Waals surface area (Å²) in [4.78, 5) is 8.99. The van der Waals surface area contributed by atoms with Gasteiger partial charge in [0.25, 0.3) is 0 Å². The molecular weight excluding hydrogens is 316 g/mol. The number of aliphatic imine (C=N–C) groups is 1. The molecular formula is C19H24N4O2. The number of aryl methyl sites for hydroxylation is 1. The van der Waals surface area contributed by atoms with E-state index >= 15 is 0 Å². The van der Waals surface area contributed by atoms with Crippen molar-refractivity contribution in [3.63, 3.8) is 0 Å². The minimum Gasteiger partial charge on any atom is -0.486 e. The molecule has 0 saturated heterocycles. The number of fused-ring (bicyclic) bond motifs is 1. The molecule has 0 bridgehead atoms. The Morgan fingerprint density at radius 1 is 1.20 bits per heavy atom. The average Bonchev–Trinajstić information content (AvgIpc) is 2.65. The van der Waals surface area contributed by atoms with Crippen LogP contribution < -0.4 is 20.1 Å². The van der Waals surface area contributed by atoms with E-state index < -0.39 is 0 Å². The number of ether oxygens (including phenoxy) is 2. The molecule has 0 radical (unpaired) electrons. The van der Waals surface area contributed by atoms with Crippen molar-refractivity contribution >= 4 is 5.96 Å². The standard InChI is InChI=1S/C19H24N4O2/c1-3-20-19(23-12-16-14(2)7-6-10-21-16)22-11-15-13-24-17-8-4-5-9-18(17)25-15/h4-10,15H,3,11-13H2,1-2H3,(H2,20,22,23). The van der Waals surface area contributed by atoms with Gasteiger partial charge in [0.2, 0.25) is 0 Å². The molecule has 2 N–H and O–H groups in total. The predicted octanol–water partition coefficient (Wildman–Crippen LogP) is 2.29. The van der Waals surface area contributed by atoms with Crippen LogP contribution in [-0.2, 0) is 6.54 Å². The monoisotopic (exact) mass is 340 g/mol. The van der Waals surface area contributed by atoms with E-state index in [-0.39, 0.29) is 6.10 Å². The molecule has 2 aromatic rings. The van der Waals surface area contributed by atoms with Crippen LogP contribution in [0, 0.1) is 6.92 Å². The Morgan fingerprint density at radius 2 is 2.04 bits per heavy atom. The van der Waals surface area contributed by atoms with Gasteiger partial charge in [0.1, 0.15) is 12.7 Å². The van der Waals surface area contributed by atoms with E-state index in [1.165, 1.54) is 0 Å². The van der Waals surface area contributed by atoms with Gasteiger partial charge in [-0.05, 0) is 37.6 Å². The minimum atomic E-state index is -0.0599. The van der Waals surface area contributed by atoms with Gasteiger partial charge in [-0.25, -0.2) is 4.99 Å². The third-order valence-electron chi connectivity index (χ3n) is 3.91. The Bertz CT molecular complexity index is 733. The lowest BCUT2D eigenvalue weighted by Crippen LogP contribution is -2.45. The zero-order valence-corrected chi connectivity index (χ0v) is 14.7. The molecule has 1 aromatic heterocycles. The summed E-state index contributed by atoms with van der Waals surface area (Å²) in [7, 11) is 0. The van der Waals surface area contributed by atoms with Gasteiger partial charge in [0, 0.05) is 12.7 Å². The van der Waals surface area contributed by atoms with Crippen LogP contribution in [0.3, 0.4) is 0 Å². The Morgan fingerprint density at radius 3 is 2.84 bits per heavy atom. The van der Waals surface area contributed by atoms with Crippen molar-refractivity contribution in [3.05, 3.63) is 53.9 Å². The maximum atomic E-state index is 5.96. The summed E-state index contributed by atoms with van der Waals surface area (Å²) in [5.74, 6) is 2.33. The summed E-state index contributed by atoms with van der Waals surface area (Å²) in [6.07, 6.45) is 1.73. The molecule has 25 heavy (non-hydrogen) atoms. The number of nitrogens with one attached hydrogen (secondary N) is 2. The second-order valence-corrected chi connectivity index (χ2v) is 5.84. The van der Waals surface area contributed by atoms with Crippen molar-refractivity contribution < 1.29 is 9.47 Å². The molecule has 0 fully saturated rings. The molecule has 1 aliphatic heterocycles. The molecule has 1 unspecified atom stereocenters. The third kappa shape index (κ3) is 4.62. The van der Waals surface area contributed by atoms with E-state index in [2.05, 4.69) is 20.6 Å². The number of nitrogens with zero attached hydrogens (tertiary/aromatic N) is 2. The maximum Gasteiger partial charge on any atom is 0.191 e. The molecule has 0 amide bonds. The summed E-state index contributed by atoms with van der Waals surface area (Å²) < 4.78 is 11.7. The number of para-hydroxylation sites is 2. The first-order valence-corrected chi connectivity index (χ1v) is 8.57. The largest absolute Gasteiger partial charge is 0.486 e. The summed E-state index contributed by atoms with van der Waals surface area (Å²) >= 11 is 0. The first kappa shape index (κ1) is 17.1. The van der Waals surface area contributed by atoms with E-state index in [0.717, 1.165) is 35.3 Å². The summed E-state index contributed by atoms with van der Waals surface area (Å²) in [6.45, 7) is 6.54. The number of aromatic nitrogens is 1. The van der Waals surface area contributed by atoms with Crippen molar-refractivity contribution in [2.75, 3.05) is 19.7 Å². The Balaban J connectivity index is 1.57. The van der Waals surface area contributed by atoms with Crippen molar-refractivity contribution in [3.8, 4) is 11.5 Å². The number of guanidine groups is 1. The molecule has 3 rings (SSSR count). The molecule has 6 heteroatoms. The normalized spacial score (nSPS) is 16.4. The molecule has 1 aromatic carbocycles. The van der Waals surface area contributed by atoms with Gasteiger partial charge in [0.05, 0.1) is 18.8 Å². The van der Waals surface area contributed by atoms with Crippen LogP contribution in [0.25, 0.3) is 0 Å². The highest BCUT2D eigenvalue weighted by molar-refractivity contribution is 5.79. The smallest absolute Gasteiger partial charge is 0.191 e. The van der Waals surface area contributed by atoms with Crippen LogP contribution in [0.4, 0.5) is 0 Å². The van der Waals surface area contributed by atoms with Crippen LogP contribution >= 0.6 is 0 Å². The Hall–Kier alpha value is -2.76. The molecule has 1 atom stereocenters. The third-order valence-corrected chi connectivity index (χ3v) is 3.91.